The average molecular weight is 487 g/mol. The third-order valence-electron chi connectivity index (χ3n) is 8.54. The lowest BCUT2D eigenvalue weighted by Gasteiger charge is -2.39. The number of benzene rings is 2. The highest BCUT2D eigenvalue weighted by Crippen LogP contribution is 2.44. The smallest absolute Gasteiger partial charge is 0.254 e. The molecule has 5 nitrogen and oxygen atoms in total. The summed E-state index contributed by atoms with van der Waals surface area (Å²) >= 11 is 0. The monoisotopic (exact) mass is 486 g/mol. The Balaban J connectivity index is 1.21. The van der Waals surface area contributed by atoms with Gasteiger partial charge >= 0.3 is 0 Å². The maximum Gasteiger partial charge on any atom is 0.254 e. The van der Waals surface area contributed by atoms with Crippen LogP contribution in [-0.2, 0) is 17.8 Å². The minimum absolute atomic E-state index is 0.104. The van der Waals surface area contributed by atoms with Crippen molar-refractivity contribution in [3.8, 4) is 0 Å². The van der Waals surface area contributed by atoms with Crippen molar-refractivity contribution < 1.29 is 9.18 Å². The lowest BCUT2D eigenvalue weighted by Crippen LogP contribution is -2.44. The van der Waals surface area contributed by atoms with Crippen molar-refractivity contribution in [3.63, 3.8) is 0 Å². The number of rotatable bonds is 5. The molecule has 3 aliphatic rings. The van der Waals surface area contributed by atoms with Gasteiger partial charge < -0.3 is 4.57 Å². The first-order valence-corrected chi connectivity index (χ1v) is 13.6. The van der Waals surface area contributed by atoms with Crippen molar-refractivity contribution in [2.45, 2.75) is 76.8 Å². The Morgan fingerprint density at radius 3 is 2.64 bits per heavy atom. The molecule has 0 spiro atoms. The van der Waals surface area contributed by atoms with Crippen LogP contribution in [-0.4, -0.2) is 34.2 Å². The molecule has 1 atom stereocenters. The quantitative estimate of drug-likeness (QED) is 0.352. The van der Waals surface area contributed by atoms with Gasteiger partial charge in [0.05, 0.1) is 18.3 Å². The lowest BCUT2D eigenvalue weighted by atomic mass is 9.83. The van der Waals surface area contributed by atoms with Gasteiger partial charge in [-0.15, -0.1) is 0 Å². The number of halogens is 1. The Labute approximate surface area is 212 Å². The number of hydrazone groups is 1. The molecule has 1 amide bonds. The maximum absolute atomic E-state index is 13.2. The number of hydrogen-bond acceptors (Lipinski definition) is 3. The average Bonchev–Trinajstić information content (AvgIpc) is 3.24. The molecule has 1 aliphatic heterocycles. The molecule has 3 aromatic rings. The highest BCUT2D eigenvalue weighted by molar-refractivity contribution is 5.99. The number of aryl methyl sites for hydroxylation is 1. The van der Waals surface area contributed by atoms with Crippen molar-refractivity contribution in [2.75, 3.05) is 13.1 Å². The van der Waals surface area contributed by atoms with Crippen molar-refractivity contribution in [1.82, 2.24) is 14.9 Å². The van der Waals surface area contributed by atoms with Gasteiger partial charge in [0.1, 0.15) is 5.82 Å². The Morgan fingerprint density at radius 1 is 1.03 bits per heavy atom. The Morgan fingerprint density at radius 2 is 1.83 bits per heavy atom. The molecule has 0 radical (unpaired) electrons. The first-order valence-electron chi connectivity index (χ1n) is 13.6. The van der Waals surface area contributed by atoms with E-state index in [0.717, 1.165) is 37.9 Å². The zero-order valence-electron chi connectivity index (χ0n) is 21.1. The Hall–Kier alpha value is -2.99. The molecule has 2 aromatic carbocycles. The molecular formula is C30H35FN4O. The van der Waals surface area contributed by atoms with Crippen LogP contribution in [0.4, 0.5) is 4.39 Å². The second-order valence-corrected chi connectivity index (χ2v) is 10.7. The molecule has 0 saturated heterocycles. The van der Waals surface area contributed by atoms with E-state index < -0.39 is 0 Å². The first kappa shape index (κ1) is 23.4. The number of carbonyl (C=O) groups excluding carboxylic acids is 1. The molecule has 1 fully saturated rings. The summed E-state index contributed by atoms with van der Waals surface area (Å²) < 4.78 is 15.7. The van der Waals surface area contributed by atoms with E-state index in [1.807, 2.05) is 6.92 Å². The fourth-order valence-corrected chi connectivity index (χ4v) is 6.70. The van der Waals surface area contributed by atoms with Gasteiger partial charge in [0.15, 0.2) is 0 Å². The minimum Gasteiger partial charge on any atom is -0.342 e. The van der Waals surface area contributed by atoms with Crippen molar-refractivity contribution in [3.05, 3.63) is 70.7 Å². The molecule has 1 aromatic heterocycles. The number of nitrogens with zero attached hydrogens (tertiary/aromatic N) is 3. The Bertz CT molecular complexity index is 1300. The van der Waals surface area contributed by atoms with E-state index in [4.69, 9.17) is 0 Å². The number of fused-ring (bicyclic) bond motifs is 3. The second-order valence-electron chi connectivity index (χ2n) is 10.7. The molecule has 6 heteroatoms. The number of nitrogens with one attached hydrogen (secondary N) is 1. The maximum atomic E-state index is 13.2. The van der Waals surface area contributed by atoms with Crippen LogP contribution in [0.5, 0.6) is 0 Å². The van der Waals surface area contributed by atoms with Crippen molar-refractivity contribution >= 4 is 22.5 Å². The predicted molar refractivity (Wildman–Crippen MR) is 142 cm³/mol. The summed E-state index contributed by atoms with van der Waals surface area (Å²) in [5.74, 6) is 0.327. The van der Waals surface area contributed by atoms with Crippen LogP contribution >= 0.6 is 0 Å². The summed E-state index contributed by atoms with van der Waals surface area (Å²) in [6.07, 6.45) is 10.1. The Kier molecular flexibility index (Phi) is 6.38. The molecule has 1 N–H and O–H groups in total. The van der Waals surface area contributed by atoms with Crippen LogP contribution in [0.25, 0.3) is 10.9 Å². The summed E-state index contributed by atoms with van der Waals surface area (Å²) in [6, 6.07) is 13.7. The number of hydrogen-bond donors (Lipinski definition) is 1. The lowest BCUT2D eigenvalue weighted by molar-refractivity contribution is -0.123. The van der Waals surface area contributed by atoms with Gasteiger partial charge in [-0.25, -0.2) is 9.82 Å². The fraction of sp³-hybridized carbons (Fsp3) is 0.467. The number of amides is 1. The van der Waals surface area contributed by atoms with E-state index in [1.54, 1.807) is 12.1 Å². The normalized spacial score (nSPS) is 20.9. The van der Waals surface area contributed by atoms with E-state index in [0.29, 0.717) is 18.2 Å². The molecule has 1 saturated carbocycles. The van der Waals surface area contributed by atoms with Crippen LogP contribution in [0, 0.1) is 5.82 Å². The third kappa shape index (κ3) is 4.36. The molecule has 188 valence electrons. The SMILES string of the molecule is C/C(=N/NC(=O)CN1CCn2c3c(c4cc(C5CCCCC5)ccc42)CCC[C@@H]31)c1ccc(F)cc1. The zero-order chi connectivity index (χ0) is 24.6. The van der Waals surface area contributed by atoms with Crippen LogP contribution < -0.4 is 5.43 Å². The first-order chi connectivity index (χ1) is 17.6. The van der Waals surface area contributed by atoms with Gasteiger partial charge in [-0.2, -0.15) is 5.10 Å². The fourth-order valence-electron chi connectivity index (χ4n) is 6.70. The minimum atomic E-state index is -0.282. The third-order valence-corrected chi connectivity index (χ3v) is 8.54. The predicted octanol–water partition coefficient (Wildman–Crippen LogP) is 6.06. The largest absolute Gasteiger partial charge is 0.342 e. The zero-order valence-corrected chi connectivity index (χ0v) is 21.1. The van der Waals surface area contributed by atoms with Crippen LogP contribution in [0.2, 0.25) is 0 Å². The highest BCUT2D eigenvalue weighted by Gasteiger charge is 2.35. The van der Waals surface area contributed by atoms with Crippen LogP contribution in [0.1, 0.15) is 86.2 Å². The summed E-state index contributed by atoms with van der Waals surface area (Å²) in [7, 11) is 0. The van der Waals surface area contributed by atoms with Crippen LogP contribution in [0.15, 0.2) is 47.6 Å². The van der Waals surface area contributed by atoms with Crippen LogP contribution in [0.3, 0.4) is 0 Å². The second kappa shape index (κ2) is 9.81. The van der Waals surface area contributed by atoms with Gasteiger partial charge in [0.2, 0.25) is 0 Å². The van der Waals surface area contributed by atoms with E-state index in [-0.39, 0.29) is 17.8 Å². The van der Waals surface area contributed by atoms with Gasteiger partial charge in [-0.3, -0.25) is 9.69 Å². The summed E-state index contributed by atoms with van der Waals surface area (Å²) in [5, 5.41) is 5.72. The van der Waals surface area contributed by atoms with E-state index in [9.17, 15) is 9.18 Å². The molecule has 2 heterocycles. The highest BCUT2D eigenvalue weighted by atomic mass is 19.1. The van der Waals surface area contributed by atoms with Crippen molar-refractivity contribution in [1.29, 1.82) is 0 Å². The van der Waals surface area contributed by atoms with E-state index >= 15 is 0 Å². The van der Waals surface area contributed by atoms with E-state index in [1.165, 1.54) is 72.0 Å². The summed E-state index contributed by atoms with van der Waals surface area (Å²) in [4.78, 5) is 15.2. The van der Waals surface area contributed by atoms with Gasteiger partial charge in [0, 0.05) is 29.7 Å². The van der Waals surface area contributed by atoms with Gasteiger partial charge in [0.25, 0.3) is 5.91 Å². The summed E-state index contributed by atoms with van der Waals surface area (Å²) in [5.41, 5.74) is 10.0. The molecule has 36 heavy (non-hydrogen) atoms. The van der Waals surface area contributed by atoms with Crippen molar-refractivity contribution in [2.24, 2.45) is 5.10 Å². The van der Waals surface area contributed by atoms with E-state index in [2.05, 4.69) is 38.2 Å². The topological polar surface area (TPSA) is 49.6 Å². The summed E-state index contributed by atoms with van der Waals surface area (Å²) in [6.45, 7) is 3.93. The van der Waals surface area contributed by atoms with Gasteiger partial charge in [-0.05, 0) is 85.9 Å². The number of aromatic nitrogens is 1. The molecule has 6 rings (SSSR count). The molecule has 2 aliphatic carbocycles. The molecular weight excluding hydrogens is 451 g/mol. The number of carbonyl (C=O) groups is 1. The standard InChI is InChI=1S/C30H35FN4O/c1-20(21-10-13-24(31)14-11-21)32-33-29(36)19-34-16-17-35-27-15-12-23(22-6-3-2-4-7-22)18-26(27)25-8-5-9-28(34)30(25)35/h10-15,18,22,28H,2-9,16-17,19H2,1H3,(H,33,36)/b32-20-/t28-/m0/s1. The molecule has 0 bridgehead atoms. The van der Waals surface area contributed by atoms with Gasteiger partial charge in [-0.1, -0.05) is 37.5 Å². The molecule has 0 unspecified atom stereocenters.